The second-order valence-electron chi connectivity index (χ2n) is 5.40. The van der Waals surface area contributed by atoms with E-state index in [1.807, 2.05) is 0 Å². The summed E-state index contributed by atoms with van der Waals surface area (Å²) in [5.74, 6) is -0.0350. The summed E-state index contributed by atoms with van der Waals surface area (Å²) in [6.45, 7) is 3.70. The van der Waals surface area contributed by atoms with E-state index in [9.17, 15) is 16.8 Å². The van der Waals surface area contributed by atoms with Gasteiger partial charge in [0, 0.05) is 18.1 Å². The number of sulfonamides is 1. The van der Waals surface area contributed by atoms with Gasteiger partial charge in [0.2, 0.25) is 10.0 Å². The SMILES string of the molecule is CCN(Cc1ccccc1Cl)S(=O)(=O)c1ccc(S(=O)(=O)CC)cc1. The molecule has 0 spiro atoms. The molecule has 0 amide bonds. The Hall–Kier alpha value is -1.41. The zero-order valence-corrected chi connectivity index (χ0v) is 16.4. The fourth-order valence-electron chi connectivity index (χ4n) is 2.32. The molecule has 25 heavy (non-hydrogen) atoms. The Morgan fingerprint density at radius 1 is 0.880 bits per heavy atom. The molecule has 2 aromatic rings. The second-order valence-corrected chi connectivity index (χ2v) is 10.0. The fourth-order valence-corrected chi connectivity index (χ4v) is 4.82. The highest BCUT2D eigenvalue weighted by Gasteiger charge is 2.24. The van der Waals surface area contributed by atoms with Gasteiger partial charge in [0.25, 0.3) is 0 Å². The van der Waals surface area contributed by atoms with Crippen LogP contribution >= 0.6 is 11.6 Å². The first-order valence-corrected chi connectivity index (χ1v) is 11.3. The first kappa shape index (κ1) is 19.9. The topological polar surface area (TPSA) is 71.5 Å². The summed E-state index contributed by atoms with van der Waals surface area (Å²) in [5, 5.41) is 0.500. The summed E-state index contributed by atoms with van der Waals surface area (Å²) >= 11 is 6.12. The molecule has 0 bridgehead atoms. The van der Waals surface area contributed by atoms with Crippen molar-refractivity contribution in [2.24, 2.45) is 0 Å². The number of benzene rings is 2. The van der Waals surface area contributed by atoms with E-state index in [2.05, 4.69) is 0 Å². The maximum atomic E-state index is 12.8. The molecule has 8 heteroatoms. The smallest absolute Gasteiger partial charge is 0.224 e. The third kappa shape index (κ3) is 4.41. The Bertz CT molecular complexity index is 939. The molecule has 136 valence electrons. The van der Waals surface area contributed by atoms with Gasteiger partial charge in [-0.05, 0) is 35.9 Å². The van der Waals surface area contributed by atoms with Crippen molar-refractivity contribution in [3.05, 3.63) is 59.1 Å². The van der Waals surface area contributed by atoms with Crippen molar-refractivity contribution in [2.75, 3.05) is 12.3 Å². The average Bonchev–Trinajstić information content (AvgIpc) is 2.61. The summed E-state index contributed by atoms with van der Waals surface area (Å²) in [7, 11) is -7.12. The minimum Gasteiger partial charge on any atom is -0.224 e. The van der Waals surface area contributed by atoms with E-state index in [1.165, 1.54) is 28.6 Å². The van der Waals surface area contributed by atoms with Gasteiger partial charge in [0.05, 0.1) is 15.5 Å². The van der Waals surface area contributed by atoms with E-state index in [0.29, 0.717) is 10.6 Å². The van der Waals surface area contributed by atoms with Crippen molar-refractivity contribution in [1.82, 2.24) is 4.31 Å². The normalized spacial score (nSPS) is 12.5. The lowest BCUT2D eigenvalue weighted by molar-refractivity contribution is 0.423. The molecule has 0 aliphatic rings. The van der Waals surface area contributed by atoms with Gasteiger partial charge in [0.1, 0.15) is 0 Å². The lowest BCUT2D eigenvalue weighted by Gasteiger charge is -2.21. The third-order valence-electron chi connectivity index (χ3n) is 3.86. The highest BCUT2D eigenvalue weighted by Crippen LogP contribution is 2.23. The van der Waals surface area contributed by atoms with Crippen LogP contribution in [0.4, 0.5) is 0 Å². The van der Waals surface area contributed by atoms with Crippen LogP contribution in [-0.4, -0.2) is 33.4 Å². The molecule has 0 aliphatic carbocycles. The Labute approximate surface area is 154 Å². The molecule has 0 saturated heterocycles. The molecule has 0 fully saturated rings. The molecular formula is C17H20ClNO4S2. The largest absolute Gasteiger partial charge is 0.243 e. The van der Waals surface area contributed by atoms with Crippen molar-refractivity contribution in [2.45, 2.75) is 30.2 Å². The molecule has 0 aliphatic heterocycles. The third-order valence-corrected chi connectivity index (χ3v) is 7.91. The molecule has 0 N–H and O–H groups in total. The van der Waals surface area contributed by atoms with Crippen molar-refractivity contribution in [3.8, 4) is 0 Å². The maximum absolute atomic E-state index is 12.8. The van der Waals surface area contributed by atoms with Crippen LogP contribution in [0.3, 0.4) is 0 Å². The van der Waals surface area contributed by atoms with Gasteiger partial charge in [-0.3, -0.25) is 0 Å². The van der Waals surface area contributed by atoms with Crippen LogP contribution in [0.5, 0.6) is 0 Å². The van der Waals surface area contributed by atoms with Crippen molar-refractivity contribution in [3.63, 3.8) is 0 Å². The highest BCUT2D eigenvalue weighted by molar-refractivity contribution is 7.91. The van der Waals surface area contributed by atoms with Crippen LogP contribution in [0, 0.1) is 0 Å². The molecule has 2 rings (SSSR count). The van der Waals surface area contributed by atoms with Gasteiger partial charge in [-0.1, -0.05) is 43.6 Å². The summed E-state index contributed by atoms with van der Waals surface area (Å²) in [6.07, 6.45) is 0. The van der Waals surface area contributed by atoms with E-state index in [1.54, 1.807) is 38.1 Å². The summed E-state index contributed by atoms with van der Waals surface area (Å²) < 4.78 is 50.7. The van der Waals surface area contributed by atoms with E-state index >= 15 is 0 Å². The standard InChI is InChI=1S/C17H20ClNO4S2/c1-3-19(13-14-7-5-6-8-17(14)18)25(22,23)16-11-9-15(10-12-16)24(20,21)4-2/h5-12H,3-4,13H2,1-2H3. The average molecular weight is 402 g/mol. The molecule has 0 saturated carbocycles. The molecule has 0 heterocycles. The highest BCUT2D eigenvalue weighted by atomic mass is 35.5. The molecular weight excluding hydrogens is 382 g/mol. The summed E-state index contributed by atoms with van der Waals surface area (Å²) in [5.41, 5.74) is 0.708. The Balaban J connectivity index is 2.34. The van der Waals surface area contributed by atoms with Gasteiger partial charge in [-0.2, -0.15) is 4.31 Å². The summed E-state index contributed by atoms with van der Waals surface area (Å²) in [6, 6.07) is 12.4. The minimum atomic E-state index is -3.76. The van der Waals surface area contributed by atoms with E-state index < -0.39 is 19.9 Å². The predicted octanol–water partition coefficient (Wildman–Crippen LogP) is 3.34. The summed E-state index contributed by atoms with van der Waals surface area (Å²) in [4.78, 5) is 0.166. The van der Waals surface area contributed by atoms with Gasteiger partial charge < -0.3 is 0 Å². The maximum Gasteiger partial charge on any atom is 0.243 e. The molecule has 0 aromatic heterocycles. The van der Waals surface area contributed by atoms with Crippen molar-refractivity contribution in [1.29, 1.82) is 0 Å². The minimum absolute atomic E-state index is 0.0350. The predicted molar refractivity (Wildman–Crippen MR) is 98.9 cm³/mol. The molecule has 5 nitrogen and oxygen atoms in total. The van der Waals surface area contributed by atoms with Gasteiger partial charge >= 0.3 is 0 Å². The Morgan fingerprint density at radius 2 is 1.44 bits per heavy atom. The monoisotopic (exact) mass is 401 g/mol. The van der Waals surface area contributed by atoms with Crippen LogP contribution in [-0.2, 0) is 26.4 Å². The number of halogens is 1. The van der Waals surface area contributed by atoms with E-state index in [4.69, 9.17) is 11.6 Å². The van der Waals surface area contributed by atoms with Crippen LogP contribution in [0.15, 0.2) is 58.3 Å². The van der Waals surface area contributed by atoms with Gasteiger partial charge in [-0.25, -0.2) is 16.8 Å². The lowest BCUT2D eigenvalue weighted by atomic mass is 10.2. The number of sulfone groups is 1. The molecule has 0 radical (unpaired) electrons. The Morgan fingerprint density at radius 3 is 1.96 bits per heavy atom. The number of rotatable bonds is 7. The van der Waals surface area contributed by atoms with E-state index in [0.717, 1.165) is 0 Å². The number of hydrogen-bond acceptors (Lipinski definition) is 4. The molecule has 0 unspecified atom stereocenters. The van der Waals surface area contributed by atoms with Crippen molar-refractivity contribution >= 4 is 31.5 Å². The number of hydrogen-bond donors (Lipinski definition) is 0. The first-order chi connectivity index (χ1) is 11.7. The lowest BCUT2D eigenvalue weighted by Crippen LogP contribution is -2.30. The van der Waals surface area contributed by atoms with E-state index in [-0.39, 0.29) is 28.6 Å². The van der Waals surface area contributed by atoms with Gasteiger partial charge in [-0.15, -0.1) is 0 Å². The van der Waals surface area contributed by atoms with Crippen molar-refractivity contribution < 1.29 is 16.8 Å². The van der Waals surface area contributed by atoms with Crippen LogP contribution < -0.4 is 0 Å². The second kappa shape index (κ2) is 7.86. The fraction of sp³-hybridized carbons (Fsp3) is 0.294. The van der Waals surface area contributed by atoms with Crippen LogP contribution in [0.2, 0.25) is 5.02 Å². The zero-order valence-electron chi connectivity index (χ0n) is 14.0. The zero-order chi connectivity index (χ0) is 18.7. The molecule has 2 aromatic carbocycles. The molecule has 0 atom stereocenters. The quantitative estimate of drug-likeness (QED) is 0.713. The van der Waals surface area contributed by atoms with Crippen LogP contribution in [0.25, 0.3) is 0 Å². The van der Waals surface area contributed by atoms with Gasteiger partial charge in [0.15, 0.2) is 9.84 Å². The number of nitrogens with zero attached hydrogens (tertiary/aromatic N) is 1. The first-order valence-electron chi connectivity index (χ1n) is 7.78. The Kier molecular flexibility index (Phi) is 6.26. The van der Waals surface area contributed by atoms with Crippen LogP contribution in [0.1, 0.15) is 19.4 Å².